The summed E-state index contributed by atoms with van der Waals surface area (Å²) >= 11 is 0. The summed E-state index contributed by atoms with van der Waals surface area (Å²) < 4.78 is 0. The molecule has 1 rings (SSSR count). The SMILES string of the molecule is CC(C)(C)NC(=O)N[C@H](C(=O)N[C@H](C(=O)O)C(C)(C)C)C1CCCCC1. The molecule has 0 unspecified atom stereocenters. The van der Waals surface area contributed by atoms with Gasteiger partial charge in [0.1, 0.15) is 12.1 Å². The van der Waals surface area contributed by atoms with Gasteiger partial charge in [-0.1, -0.05) is 40.0 Å². The highest BCUT2D eigenvalue weighted by Gasteiger charge is 2.37. The van der Waals surface area contributed by atoms with E-state index in [-0.39, 0.29) is 5.92 Å². The van der Waals surface area contributed by atoms with Gasteiger partial charge in [-0.15, -0.1) is 0 Å². The maximum Gasteiger partial charge on any atom is 0.326 e. The van der Waals surface area contributed by atoms with E-state index in [1.165, 1.54) is 0 Å². The number of carbonyl (C=O) groups excluding carboxylic acids is 2. The first-order chi connectivity index (χ1) is 11.8. The first kappa shape index (κ1) is 22.3. The van der Waals surface area contributed by atoms with Crippen molar-refractivity contribution in [3.63, 3.8) is 0 Å². The minimum absolute atomic E-state index is 0.0175. The van der Waals surface area contributed by atoms with E-state index in [1.54, 1.807) is 20.8 Å². The van der Waals surface area contributed by atoms with E-state index in [0.717, 1.165) is 32.1 Å². The lowest BCUT2D eigenvalue weighted by Gasteiger charge is -2.34. The topological polar surface area (TPSA) is 108 Å². The summed E-state index contributed by atoms with van der Waals surface area (Å²) in [4.78, 5) is 36.8. The van der Waals surface area contributed by atoms with Gasteiger partial charge in [0.15, 0.2) is 0 Å². The fraction of sp³-hybridized carbons (Fsp3) is 0.842. The molecule has 0 bridgehead atoms. The van der Waals surface area contributed by atoms with Gasteiger partial charge < -0.3 is 21.1 Å². The Balaban J connectivity index is 2.93. The maximum absolute atomic E-state index is 12.9. The highest BCUT2D eigenvalue weighted by Crippen LogP contribution is 2.27. The summed E-state index contributed by atoms with van der Waals surface area (Å²) in [5, 5.41) is 17.7. The van der Waals surface area contributed by atoms with Crippen LogP contribution < -0.4 is 16.0 Å². The van der Waals surface area contributed by atoms with Crippen molar-refractivity contribution < 1.29 is 19.5 Å². The van der Waals surface area contributed by atoms with Crippen LogP contribution in [0.4, 0.5) is 4.79 Å². The Morgan fingerprint density at radius 1 is 0.923 bits per heavy atom. The van der Waals surface area contributed by atoms with Crippen LogP contribution in [0.5, 0.6) is 0 Å². The van der Waals surface area contributed by atoms with Crippen LogP contribution in [0.2, 0.25) is 0 Å². The second-order valence-electron chi connectivity index (χ2n) is 9.37. The normalized spacial score (nSPS) is 18.5. The van der Waals surface area contributed by atoms with Gasteiger partial charge in [-0.3, -0.25) is 4.79 Å². The highest BCUT2D eigenvalue weighted by molar-refractivity contribution is 5.90. The number of nitrogens with one attached hydrogen (secondary N) is 3. The minimum Gasteiger partial charge on any atom is -0.480 e. The highest BCUT2D eigenvalue weighted by atomic mass is 16.4. The molecule has 2 atom stereocenters. The van der Waals surface area contributed by atoms with Crippen LogP contribution in [-0.4, -0.2) is 40.6 Å². The molecule has 1 aliphatic carbocycles. The van der Waals surface area contributed by atoms with Crippen molar-refractivity contribution in [2.45, 2.75) is 91.3 Å². The molecule has 1 fully saturated rings. The number of amides is 3. The average molecular weight is 370 g/mol. The first-order valence-corrected chi connectivity index (χ1v) is 9.43. The van der Waals surface area contributed by atoms with E-state index in [9.17, 15) is 19.5 Å². The molecule has 26 heavy (non-hydrogen) atoms. The minimum atomic E-state index is -1.08. The third-order valence-corrected chi connectivity index (χ3v) is 4.58. The summed E-state index contributed by atoms with van der Waals surface area (Å²) in [5.41, 5.74) is -1.06. The van der Waals surface area contributed by atoms with Gasteiger partial charge in [0.05, 0.1) is 0 Å². The lowest BCUT2D eigenvalue weighted by Crippen LogP contribution is -2.60. The number of hydrogen-bond acceptors (Lipinski definition) is 3. The Kier molecular flexibility index (Phi) is 7.47. The van der Waals surface area contributed by atoms with E-state index in [0.29, 0.717) is 0 Å². The van der Waals surface area contributed by atoms with Crippen LogP contribution in [0.15, 0.2) is 0 Å². The number of carboxylic acid groups (broad SMARTS) is 1. The Bertz CT molecular complexity index is 514. The van der Waals surface area contributed by atoms with Gasteiger partial charge in [-0.05, 0) is 44.9 Å². The van der Waals surface area contributed by atoms with Crippen molar-refractivity contribution in [2.75, 3.05) is 0 Å². The monoisotopic (exact) mass is 369 g/mol. The lowest BCUT2D eigenvalue weighted by molar-refractivity contribution is -0.145. The Hall–Kier alpha value is -1.79. The summed E-state index contributed by atoms with van der Waals surface area (Å²) in [6.45, 7) is 10.9. The molecule has 7 heteroatoms. The third kappa shape index (κ3) is 7.22. The molecule has 4 N–H and O–H groups in total. The van der Waals surface area contributed by atoms with Crippen LogP contribution >= 0.6 is 0 Å². The fourth-order valence-corrected chi connectivity index (χ4v) is 3.26. The van der Waals surface area contributed by atoms with E-state index in [4.69, 9.17) is 0 Å². The molecule has 3 amide bonds. The molecule has 0 aliphatic heterocycles. The second kappa shape index (κ2) is 8.73. The zero-order valence-corrected chi connectivity index (χ0v) is 16.9. The number of hydrogen-bond donors (Lipinski definition) is 4. The van der Waals surface area contributed by atoms with Crippen molar-refractivity contribution in [3.8, 4) is 0 Å². The summed E-state index contributed by atoms with van der Waals surface area (Å²) in [6.07, 6.45) is 4.85. The number of carboxylic acids is 1. The van der Waals surface area contributed by atoms with Crippen LogP contribution in [-0.2, 0) is 9.59 Å². The van der Waals surface area contributed by atoms with Gasteiger partial charge in [0.25, 0.3) is 0 Å². The quantitative estimate of drug-likeness (QED) is 0.597. The smallest absolute Gasteiger partial charge is 0.326 e. The van der Waals surface area contributed by atoms with Gasteiger partial charge in [0.2, 0.25) is 5.91 Å². The number of aliphatic carboxylic acids is 1. The zero-order chi connectivity index (χ0) is 20.1. The van der Waals surface area contributed by atoms with Crippen LogP contribution in [0.1, 0.15) is 73.6 Å². The lowest BCUT2D eigenvalue weighted by atomic mass is 9.82. The van der Waals surface area contributed by atoms with Crippen molar-refractivity contribution in [3.05, 3.63) is 0 Å². The van der Waals surface area contributed by atoms with E-state index < -0.39 is 40.9 Å². The predicted octanol–water partition coefficient (Wildman–Crippen LogP) is 2.65. The Labute approximate surface area is 156 Å². The third-order valence-electron chi connectivity index (χ3n) is 4.58. The fourth-order valence-electron chi connectivity index (χ4n) is 3.26. The summed E-state index contributed by atoms with van der Waals surface area (Å²) in [5.74, 6) is -1.49. The van der Waals surface area contributed by atoms with Crippen LogP contribution in [0, 0.1) is 11.3 Å². The molecule has 150 valence electrons. The summed E-state index contributed by atoms with van der Waals surface area (Å²) in [6, 6.07) is -2.17. The van der Waals surface area contributed by atoms with Crippen molar-refractivity contribution in [1.29, 1.82) is 0 Å². The first-order valence-electron chi connectivity index (χ1n) is 9.43. The summed E-state index contributed by atoms with van der Waals surface area (Å²) in [7, 11) is 0. The second-order valence-corrected chi connectivity index (χ2v) is 9.37. The molecule has 1 aliphatic rings. The predicted molar refractivity (Wildman–Crippen MR) is 101 cm³/mol. The van der Waals surface area contributed by atoms with Crippen molar-refractivity contribution in [1.82, 2.24) is 16.0 Å². The number of rotatable bonds is 5. The van der Waals surface area contributed by atoms with Crippen LogP contribution in [0.25, 0.3) is 0 Å². The molecule has 0 heterocycles. The number of urea groups is 1. The molecule has 0 saturated heterocycles. The maximum atomic E-state index is 12.9. The Morgan fingerprint density at radius 2 is 1.46 bits per heavy atom. The average Bonchev–Trinajstić information content (AvgIpc) is 2.47. The van der Waals surface area contributed by atoms with Crippen LogP contribution in [0.3, 0.4) is 0 Å². The molecule has 0 aromatic heterocycles. The largest absolute Gasteiger partial charge is 0.480 e. The van der Waals surface area contributed by atoms with Gasteiger partial charge in [-0.2, -0.15) is 0 Å². The molecule has 0 radical (unpaired) electrons. The number of carbonyl (C=O) groups is 3. The molecule has 0 aromatic carbocycles. The molecule has 0 spiro atoms. The molecular formula is C19H35N3O4. The molecule has 1 saturated carbocycles. The van der Waals surface area contributed by atoms with Gasteiger partial charge in [0, 0.05) is 5.54 Å². The van der Waals surface area contributed by atoms with Crippen molar-refractivity contribution in [2.24, 2.45) is 11.3 Å². The van der Waals surface area contributed by atoms with E-state index in [2.05, 4.69) is 16.0 Å². The van der Waals surface area contributed by atoms with Gasteiger partial charge >= 0.3 is 12.0 Å². The molecule has 7 nitrogen and oxygen atoms in total. The van der Waals surface area contributed by atoms with Gasteiger partial charge in [-0.25, -0.2) is 9.59 Å². The molecule has 0 aromatic rings. The standard InChI is InChI=1S/C19H35N3O4/c1-18(2,3)14(16(24)25)21-15(23)13(12-10-8-7-9-11-12)20-17(26)22-19(4,5)6/h12-14H,7-11H2,1-6H3,(H,21,23)(H,24,25)(H2,20,22,26)/t13-,14+/m0/s1. The van der Waals surface area contributed by atoms with E-state index in [1.807, 2.05) is 20.8 Å². The van der Waals surface area contributed by atoms with Crippen molar-refractivity contribution >= 4 is 17.9 Å². The van der Waals surface area contributed by atoms with E-state index >= 15 is 0 Å². The molecular weight excluding hydrogens is 334 g/mol. The Morgan fingerprint density at radius 3 is 1.88 bits per heavy atom. The zero-order valence-electron chi connectivity index (χ0n) is 16.9.